The molecule has 0 aromatic heterocycles. The zero-order valence-corrected chi connectivity index (χ0v) is 5.60. The maximum Gasteiger partial charge on any atom is 0.0714 e. The number of hydrogen-bond donors (Lipinski definition) is 0. The molecule has 0 heterocycles. The van der Waals surface area contributed by atoms with Crippen LogP contribution in [-0.2, 0) is 0 Å². The van der Waals surface area contributed by atoms with Crippen LogP contribution in [0.15, 0.2) is 54.4 Å². The third kappa shape index (κ3) is 6.56. The zero-order chi connectivity index (χ0) is 7.66. The highest BCUT2D eigenvalue weighted by Gasteiger charge is 1.60. The van der Waals surface area contributed by atoms with Crippen molar-refractivity contribution in [2.45, 2.75) is 0 Å². The average Bonchev–Trinajstić information content (AvgIpc) is 1.97. The molecule has 0 aliphatic rings. The maximum absolute atomic E-state index is 9.49. The van der Waals surface area contributed by atoms with E-state index in [4.69, 9.17) is 0 Å². The molecular formula is C8H9NO. The van der Waals surface area contributed by atoms with Gasteiger partial charge in [0.1, 0.15) is 0 Å². The van der Waals surface area contributed by atoms with Crippen molar-refractivity contribution in [3.05, 3.63) is 54.1 Å². The fourth-order valence-electron chi connectivity index (χ4n) is 0.356. The van der Waals surface area contributed by atoms with Crippen LogP contribution in [0.2, 0.25) is 0 Å². The molecule has 0 bridgehead atoms. The highest BCUT2D eigenvalue weighted by molar-refractivity contribution is 5.13. The number of allylic oxidation sites excluding steroid dienone is 6. The Morgan fingerprint density at radius 3 is 2.20 bits per heavy atom. The summed E-state index contributed by atoms with van der Waals surface area (Å²) in [5, 5.41) is 2.53. The highest BCUT2D eigenvalue weighted by atomic mass is 16.2. The minimum Gasteiger partial charge on any atom is -0.145 e. The lowest BCUT2D eigenvalue weighted by molar-refractivity contribution is 1.53. The third-order valence-corrected chi connectivity index (χ3v) is 0.727. The molecule has 0 atom stereocenters. The first-order valence-electron chi connectivity index (χ1n) is 2.85. The summed E-state index contributed by atoms with van der Waals surface area (Å²) >= 11 is 0. The van der Waals surface area contributed by atoms with Crippen LogP contribution >= 0.6 is 0 Å². The van der Waals surface area contributed by atoms with Crippen molar-refractivity contribution in [1.29, 1.82) is 0 Å². The summed E-state index contributed by atoms with van der Waals surface area (Å²) in [6, 6.07) is 0. The van der Waals surface area contributed by atoms with Gasteiger partial charge < -0.3 is 0 Å². The second kappa shape index (κ2) is 7.56. The van der Waals surface area contributed by atoms with E-state index in [0.29, 0.717) is 0 Å². The monoisotopic (exact) mass is 135 g/mol. The average molecular weight is 135 g/mol. The lowest BCUT2D eigenvalue weighted by atomic mass is 10.4. The minimum atomic E-state index is 1.18. The lowest BCUT2D eigenvalue weighted by Gasteiger charge is -1.69. The van der Waals surface area contributed by atoms with E-state index in [9.17, 15) is 4.91 Å². The first kappa shape index (κ1) is 8.56. The highest BCUT2D eigenvalue weighted by Crippen LogP contribution is 1.80. The molecule has 52 valence electrons. The van der Waals surface area contributed by atoms with Gasteiger partial charge in [-0.2, -0.15) is 0 Å². The van der Waals surface area contributed by atoms with Gasteiger partial charge in [-0.25, -0.2) is 0 Å². The quantitative estimate of drug-likeness (QED) is 0.430. The van der Waals surface area contributed by atoms with Crippen LogP contribution in [0.25, 0.3) is 0 Å². The van der Waals surface area contributed by atoms with E-state index in [1.807, 2.05) is 6.08 Å². The molecule has 0 aromatic carbocycles. The molecule has 2 heteroatoms. The van der Waals surface area contributed by atoms with Gasteiger partial charge in [0.05, 0.1) is 6.20 Å². The smallest absolute Gasteiger partial charge is 0.0714 e. The van der Waals surface area contributed by atoms with Crippen LogP contribution < -0.4 is 0 Å². The Hall–Kier alpha value is -1.44. The number of nitroso groups, excluding NO2 is 1. The van der Waals surface area contributed by atoms with Crippen molar-refractivity contribution in [2.24, 2.45) is 5.18 Å². The van der Waals surface area contributed by atoms with E-state index in [-0.39, 0.29) is 0 Å². The van der Waals surface area contributed by atoms with Crippen LogP contribution in [0.1, 0.15) is 0 Å². The van der Waals surface area contributed by atoms with Gasteiger partial charge >= 0.3 is 0 Å². The van der Waals surface area contributed by atoms with Gasteiger partial charge in [-0.05, 0) is 11.3 Å². The van der Waals surface area contributed by atoms with Crippen molar-refractivity contribution < 1.29 is 0 Å². The summed E-state index contributed by atoms with van der Waals surface area (Å²) in [5.74, 6) is 0. The van der Waals surface area contributed by atoms with Gasteiger partial charge in [0.15, 0.2) is 0 Å². The van der Waals surface area contributed by atoms with E-state index < -0.39 is 0 Å². The predicted octanol–water partition coefficient (Wildman–Crippen LogP) is 2.56. The summed E-state index contributed by atoms with van der Waals surface area (Å²) in [7, 11) is 0. The molecule has 0 aromatic rings. The first-order chi connectivity index (χ1) is 4.91. The van der Waals surface area contributed by atoms with Gasteiger partial charge in [0.2, 0.25) is 0 Å². The van der Waals surface area contributed by atoms with Gasteiger partial charge in [-0.1, -0.05) is 37.0 Å². The Balaban J connectivity index is 3.55. The SMILES string of the molecule is C=C\C=C/C=C\C=C\N=O. The molecule has 0 aliphatic carbocycles. The van der Waals surface area contributed by atoms with Gasteiger partial charge in [0, 0.05) is 0 Å². The summed E-state index contributed by atoms with van der Waals surface area (Å²) in [4.78, 5) is 9.49. The zero-order valence-electron chi connectivity index (χ0n) is 5.60. The number of hydrogen-bond acceptors (Lipinski definition) is 2. The number of nitrogens with zero attached hydrogens (tertiary/aromatic N) is 1. The van der Waals surface area contributed by atoms with Crippen molar-refractivity contribution in [3.8, 4) is 0 Å². The van der Waals surface area contributed by atoms with E-state index >= 15 is 0 Å². The Labute approximate surface area is 60.2 Å². The number of rotatable bonds is 4. The standard InChI is InChI=1S/C8H9NO/c1-2-3-4-5-6-7-8-9-10/h2-8H,1H2/b4-3-,6-5-,8-7+. The molecule has 0 aliphatic heterocycles. The van der Waals surface area contributed by atoms with Crippen LogP contribution in [0.3, 0.4) is 0 Å². The van der Waals surface area contributed by atoms with E-state index in [1.165, 1.54) is 6.20 Å². The van der Waals surface area contributed by atoms with Crippen LogP contribution in [0.4, 0.5) is 0 Å². The molecule has 0 rings (SSSR count). The van der Waals surface area contributed by atoms with E-state index in [1.54, 1.807) is 30.4 Å². The first-order valence-corrected chi connectivity index (χ1v) is 2.85. The second-order valence-corrected chi connectivity index (χ2v) is 1.45. The fourth-order valence-corrected chi connectivity index (χ4v) is 0.356. The normalized spacial score (nSPS) is 11.6. The molecule has 0 spiro atoms. The van der Waals surface area contributed by atoms with E-state index in [2.05, 4.69) is 11.8 Å². The summed E-state index contributed by atoms with van der Waals surface area (Å²) in [6.07, 6.45) is 11.5. The second-order valence-electron chi connectivity index (χ2n) is 1.45. The van der Waals surface area contributed by atoms with Gasteiger partial charge in [0.25, 0.3) is 0 Å². The van der Waals surface area contributed by atoms with Crippen molar-refractivity contribution in [1.82, 2.24) is 0 Å². The van der Waals surface area contributed by atoms with Crippen molar-refractivity contribution in [3.63, 3.8) is 0 Å². The molecule has 0 amide bonds. The van der Waals surface area contributed by atoms with Gasteiger partial charge in [-0.3, -0.25) is 0 Å². The molecule has 10 heavy (non-hydrogen) atoms. The van der Waals surface area contributed by atoms with Crippen molar-refractivity contribution >= 4 is 0 Å². The molecule has 2 nitrogen and oxygen atoms in total. The fraction of sp³-hybridized carbons (Fsp3) is 0. The largest absolute Gasteiger partial charge is 0.145 e. The Morgan fingerprint density at radius 2 is 1.60 bits per heavy atom. The van der Waals surface area contributed by atoms with Gasteiger partial charge in [-0.15, -0.1) is 4.91 Å². The van der Waals surface area contributed by atoms with Crippen molar-refractivity contribution in [2.75, 3.05) is 0 Å². The molecular weight excluding hydrogens is 126 g/mol. The third-order valence-electron chi connectivity index (χ3n) is 0.727. The predicted molar refractivity (Wildman–Crippen MR) is 43.4 cm³/mol. The Bertz CT molecular complexity index is 158. The topological polar surface area (TPSA) is 29.4 Å². The molecule has 0 radical (unpaired) electrons. The van der Waals surface area contributed by atoms with Crippen LogP contribution in [0.5, 0.6) is 0 Å². The summed E-state index contributed by atoms with van der Waals surface area (Å²) in [6.45, 7) is 3.49. The Kier molecular flexibility index (Phi) is 6.47. The van der Waals surface area contributed by atoms with Crippen LogP contribution in [-0.4, -0.2) is 0 Å². The maximum atomic E-state index is 9.49. The molecule has 0 fully saturated rings. The van der Waals surface area contributed by atoms with Crippen LogP contribution in [0, 0.1) is 4.91 Å². The summed E-state index contributed by atoms with van der Waals surface area (Å²) < 4.78 is 0. The van der Waals surface area contributed by atoms with E-state index in [0.717, 1.165) is 0 Å². The lowest BCUT2D eigenvalue weighted by Crippen LogP contribution is -1.48. The molecule has 0 N–H and O–H groups in total. The minimum absolute atomic E-state index is 1.18. The molecule has 0 saturated heterocycles. The Morgan fingerprint density at radius 1 is 1.00 bits per heavy atom. The molecule has 0 saturated carbocycles. The molecule has 0 unspecified atom stereocenters. The summed E-state index contributed by atoms with van der Waals surface area (Å²) in [5.41, 5.74) is 0.